The van der Waals surface area contributed by atoms with Gasteiger partial charge in [0.05, 0.1) is 11.4 Å². The molecule has 0 atom stereocenters. The van der Waals surface area contributed by atoms with E-state index < -0.39 is 0 Å². The zero-order valence-electron chi connectivity index (χ0n) is 14.0. The highest BCUT2D eigenvalue weighted by Crippen LogP contribution is 2.48. The minimum Gasteiger partial charge on any atom is -0.435 e. The van der Waals surface area contributed by atoms with E-state index in [0.717, 1.165) is 45.3 Å². The van der Waals surface area contributed by atoms with Gasteiger partial charge in [-0.1, -0.05) is 12.1 Å². The Kier molecular flexibility index (Phi) is 2.83. The molecule has 2 radical (unpaired) electrons. The lowest BCUT2D eigenvalue weighted by atomic mass is 10.1. The Morgan fingerprint density at radius 1 is 1.00 bits per heavy atom. The zero-order chi connectivity index (χ0) is 17.1. The van der Waals surface area contributed by atoms with Gasteiger partial charge in [-0.15, -0.1) is 0 Å². The van der Waals surface area contributed by atoms with Crippen LogP contribution in [0.5, 0.6) is 0 Å². The first-order valence-electron chi connectivity index (χ1n) is 8.11. The highest BCUT2D eigenvalue weighted by molar-refractivity contribution is 6.10. The Balaban J connectivity index is 1.85. The van der Waals surface area contributed by atoms with Gasteiger partial charge in [0.1, 0.15) is 0 Å². The number of hydrogen-bond donors (Lipinski definition) is 0. The Morgan fingerprint density at radius 2 is 1.80 bits per heavy atom. The average Bonchev–Trinajstić information content (AvgIpc) is 3.12. The first-order valence-corrected chi connectivity index (χ1v) is 8.11. The molecule has 4 heterocycles. The second kappa shape index (κ2) is 4.96. The van der Waals surface area contributed by atoms with Crippen molar-refractivity contribution in [2.24, 2.45) is 0 Å². The van der Waals surface area contributed by atoms with Gasteiger partial charge in [0.15, 0.2) is 17.6 Å². The van der Waals surface area contributed by atoms with Crippen LogP contribution in [0.4, 0.5) is 17.2 Å². The standard InChI is InChI=1S/C20H16N4O/c1-12-8-9-14-15-6-4-11-22-20(15)25-18(14)17(12)24-13(2)23(3)19-16(24)7-5-10-21-19/h4-11H,2H2,1,3H3. The molecule has 0 bridgehead atoms. The number of hydrogen-bond acceptors (Lipinski definition) is 5. The lowest BCUT2D eigenvalue weighted by Gasteiger charge is -2.27. The van der Waals surface area contributed by atoms with Crippen molar-refractivity contribution in [3.8, 4) is 0 Å². The fraction of sp³-hybridized carbons (Fsp3) is 0.100. The maximum absolute atomic E-state index is 6.14. The normalized spacial score (nSPS) is 14.7. The van der Waals surface area contributed by atoms with Gasteiger partial charge in [0.25, 0.3) is 0 Å². The minimum atomic E-state index is 0.647. The molecule has 0 saturated carbocycles. The van der Waals surface area contributed by atoms with Gasteiger partial charge >= 0.3 is 0 Å². The molecule has 0 aliphatic carbocycles. The second-order valence-electron chi connectivity index (χ2n) is 6.22. The Labute approximate surface area is 145 Å². The number of anilines is 3. The van der Waals surface area contributed by atoms with Gasteiger partial charge in [-0.05, 0) is 43.7 Å². The summed E-state index contributed by atoms with van der Waals surface area (Å²) >= 11 is 0. The SMILES string of the molecule is [CH2][C]1N(C)c2ncccc2N1c1c(C)ccc2c1oc1ncccc12. The van der Waals surface area contributed by atoms with Crippen LogP contribution < -0.4 is 9.80 Å². The van der Waals surface area contributed by atoms with Gasteiger partial charge in [-0.2, -0.15) is 0 Å². The third kappa shape index (κ3) is 1.83. The Bertz CT molecular complexity index is 1120. The molecule has 3 aromatic heterocycles. The van der Waals surface area contributed by atoms with Crippen molar-refractivity contribution in [3.63, 3.8) is 0 Å². The Hall–Kier alpha value is -3.08. The van der Waals surface area contributed by atoms with Crippen LogP contribution in [0.25, 0.3) is 22.1 Å². The molecule has 1 aliphatic heterocycles. The first kappa shape index (κ1) is 14.3. The monoisotopic (exact) mass is 328 g/mol. The molecule has 0 spiro atoms. The molecule has 0 saturated heterocycles. The predicted molar refractivity (Wildman–Crippen MR) is 99.6 cm³/mol. The van der Waals surface area contributed by atoms with Gasteiger partial charge in [-0.3, -0.25) is 0 Å². The van der Waals surface area contributed by atoms with Crippen LogP contribution in [-0.4, -0.2) is 17.0 Å². The van der Waals surface area contributed by atoms with Gasteiger partial charge in [0.2, 0.25) is 5.71 Å². The number of rotatable bonds is 1. The quantitative estimate of drug-likeness (QED) is 0.511. The van der Waals surface area contributed by atoms with Crippen LogP contribution in [0.1, 0.15) is 5.56 Å². The van der Waals surface area contributed by atoms with Crippen LogP contribution in [0.15, 0.2) is 53.2 Å². The molecular weight excluding hydrogens is 312 g/mol. The van der Waals surface area contributed by atoms with Crippen molar-refractivity contribution in [1.29, 1.82) is 0 Å². The van der Waals surface area contributed by atoms with E-state index in [2.05, 4.69) is 46.9 Å². The molecule has 5 nitrogen and oxygen atoms in total. The topological polar surface area (TPSA) is 45.4 Å². The van der Waals surface area contributed by atoms with E-state index in [0.29, 0.717) is 5.71 Å². The van der Waals surface area contributed by atoms with Gasteiger partial charge in [0, 0.05) is 30.2 Å². The molecule has 0 amide bonds. The fourth-order valence-corrected chi connectivity index (χ4v) is 3.52. The molecule has 5 rings (SSSR count). The van der Waals surface area contributed by atoms with Crippen molar-refractivity contribution in [2.75, 3.05) is 16.8 Å². The summed E-state index contributed by atoms with van der Waals surface area (Å²) < 4.78 is 6.14. The van der Waals surface area contributed by atoms with Crippen molar-refractivity contribution in [1.82, 2.24) is 9.97 Å². The van der Waals surface area contributed by atoms with Crippen molar-refractivity contribution < 1.29 is 4.42 Å². The number of nitrogens with zero attached hydrogens (tertiary/aromatic N) is 4. The first-order chi connectivity index (χ1) is 12.2. The molecule has 5 heteroatoms. The summed E-state index contributed by atoms with van der Waals surface area (Å²) in [7, 11) is 1.98. The van der Waals surface area contributed by atoms with E-state index in [1.807, 2.05) is 30.1 Å². The molecule has 0 unspecified atom stereocenters. The molecule has 1 aliphatic rings. The third-order valence-corrected chi connectivity index (χ3v) is 4.79. The average molecular weight is 328 g/mol. The minimum absolute atomic E-state index is 0.647. The molecule has 0 N–H and O–H groups in total. The lowest BCUT2D eigenvalue weighted by molar-refractivity contribution is 0.653. The summed E-state index contributed by atoms with van der Waals surface area (Å²) in [5, 5.41) is 2.07. The molecule has 0 fully saturated rings. The summed E-state index contributed by atoms with van der Waals surface area (Å²) in [6.07, 6.45) is 4.39. The number of fused-ring (bicyclic) bond motifs is 4. The molecule has 4 aromatic rings. The number of furan rings is 1. The number of aromatic nitrogens is 2. The summed E-state index contributed by atoms with van der Waals surface area (Å²) in [6.45, 7) is 6.34. The number of benzene rings is 1. The third-order valence-electron chi connectivity index (χ3n) is 4.79. The summed E-state index contributed by atoms with van der Waals surface area (Å²) in [5.41, 5.74) is 4.56. The highest BCUT2D eigenvalue weighted by atomic mass is 16.3. The summed E-state index contributed by atoms with van der Waals surface area (Å²) in [6, 6.07) is 12.2. The molecule has 1 aromatic carbocycles. The van der Waals surface area contributed by atoms with Crippen LogP contribution in [0.2, 0.25) is 0 Å². The van der Waals surface area contributed by atoms with Crippen LogP contribution in [-0.2, 0) is 0 Å². The van der Waals surface area contributed by atoms with Crippen molar-refractivity contribution >= 4 is 39.3 Å². The van der Waals surface area contributed by atoms with Crippen LogP contribution >= 0.6 is 0 Å². The zero-order valence-corrected chi connectivity index (χ0v) is 14.0. The van der Waals surface area contributed by atoms with Crippen molar-refractivity contribution in [2.45, 2.75) is 6.92 Å². The smallest absolute Gasteiger partial charge is 0.227 e. The number of aryl methyl sites for hydroxylation is 1. The van der Waals surface area contributed by atoms with E-state index in [1.165, 1.54) is 0 Å². The van der Waals surface area contributed by atoms with E-state index in [1.54, 1.807) is 12.4 Å². The Morgan fingerprint density at radius 3 is 2.68 bits per heavy atom. The van der Waals surface area contributed by atoms with E-state index in [-0.39, 0.29) is 0 Å². The summed E-state index contributed by atoms with van der Waals surface area (Å²) in [4.78, 5) is 13.0. The highest BCUT2D eigenvalue weighted by Gasteiger charge is 2.36. The largest absolute Gasteiger partial charge is 0.435 e. The molecule has 25 heavy (non-hydrogen) atoms. The van der Waals surface area contributed by atoms with Crippen molar-refractivity contribution in [3.05, 3.63) is 67.4 Å². The predicted octanol–water partition coefficient (Wildman–Crippen LogP) is 4.60. The summed E-state index contributed by atoms with van der Waals surface area (Å²) in [5.74, 6) is 0.887. The number of pyridine rings is 2. The van der Waals surface area contributed by atoms with E-state index in [9.17, 15) is 0 Å². The fourth-order valence-electron chi connectivity index (χ4n) is 3.52. The maximum atomic E-state index is 6.14. The van der Waals surface area contributed by atoms with E-state index >= 15 is 0 Å². The van der Waals surface area contributed by atoms with Crippen LogP contribution in [0, 0.1) is 20.0 Å². The van der Waals surface area contributed by atoms with Gasteiger partial charge < -0.3 is 14.2 Å². The lowest BCUT2D eigenvalue weighted by Crippen LogP contribution is -2.28. The van der Waals surface area contributed by atoms with Crippen LogP contribution in [0.3, 0.4) is 0 Å². The van der Waals surface area contributed by atoms with Gasteiger partial charge in [-0.25, -0.2) is 9.97 Å². The van der Waals surface area contributed by atoms with E-state index in [4.69, 9.17) is 4.42 Å². The molecule has 122 valence electrons. The molecular formula is C20H16N4O. The second-order valence-corrected chi connectivity index (χ2v) is 6.22. The maximum Gasteiger partial charge on any atom is 0.227 e.